The van der Waals surface area contributed by atoms with Gasteiger partial charge in [0.15, 0.2) is 0 Å². The first-order valence-electron chi connectivity index (χ1n) is 5.58. The minimum Gasteiger partial charge on any atom is -0.307 e. The molecule has 82 valence electrons. The van der Waals surface area contributed by atoms with Gasteiger partial charge < -0.3 is 10.1 Å². The first-order valence-corrected chi connectivity index (χ1v) is 5.58. The van der Waals surface area contributed by atoms with E-state index in [1.807, 2.05) is 0 Å². The van der Waals surface area contributed by atoms with Crippen LogP contribution in [0.5, 0.6) is 0 Å². The van der Waals surface area contributed by atoms with E-state index in [-0.39, 0.29) is 11.1 Å². The van der Waals surface area contributed by atoms with E-state index in [9.17, 15) is 4.79 Å². The van der Waals surface area contributed by atoms with Gasteiger partial charge in [-0.2, -0.15) is 0 Å². The number of rotatable bonds is 3. The van der Waals surface area contributed by atoms with E-state index in [4.69, 9.17) is 0 Å². The van der Waals surface area contributed by atoms with Gasteiger partial charge in [-0.3, -0.25) is 0 Å². The van der Waals surface area contributed by atoms with Crippen LogP contribution >= 0.6 is 0 Å². The molecule has 1 N–H and O–H groups in total. The Hall–Kier alpha value is -0.370. The molecule has 2 nitrogen and oxygen atoms in total. The van der Waals surface area contributed by atoms with Gasteiger partial charge in [-0.05, 0) is 52.9 Å². The minimum atomic E-state index is 0.218. The molecule has 1 heterocycles. The molecule has 2 heteroatoms. The van der Waals surface area contributed by atoms with Gasteiger partial charge in [-0.1, -0.05) is 0 Å². The lowest BCUT2D eigenvalue weighted by Crippen LogP contribution is -2.57. The monoisotopic (exact) mass is 197 g/mol. The molecule has 0 aromatic heterocycles. The predicted molar refractivity (Wildman–Crippen MR) is 59.3 cm³/mol. The van der Waals surface area contributed by atoms with Gasteiger partial charge in [0.2, 0.25) is 0 Å². The van der Waals surface area contributed by atoms with E-state index < -0.39 is 0 Å². The second kappa shape index (κ2) is 4.01. The molecule has 0 bridgehead atoms. The van der Waals surface area contributed by atoms with E-state index in [0.29, 0.717) is 5.92 Å². The van der Waals surface area contributed by atoms with E-state index in [1.54, 1.807) is 0 Å². The SMILES string of the molecule is CC1(C)CC(CCC=O)CC(C)(C)N1. The maximum atomic E-state index is 10.4. The zero-order chi connectivity index (χ0) is 10.8. The summed E-state index contributed by atoms with van der Waals surface area (Å²) in [5.41, 5.74) is 0.435. The highest BCUT2D eigenvalue weighted by molar-refractivity contribution is 5.49. The van der Waals surface area contributed by atoms with Crippen LogP contribution in [0.2, 0.25) is 0 Å². The van der Waals surface area contributed by atoms with Gasteiger partial charge in [0.1, 0.15) is 6.29 Å². The molecule has 0 unspecified atom stereocenters. The molecule has 0 radical (unpaired) electrons. The molecule has 0 atom stereocenters. The second-order valence-corrected chi connectivity index (χ2v) is 5.91. The molecule has 0 amide bonds. The first kappa shape index (κ1) is 11.7. The van der Waals surface area contributed by atoms with Crippen LogP contribution in [0.4, 0.5) is 0 Å². The number of aldehydes is 1. The topological polar surface area (TPSA) is 29.1 Å². The fourth-order valence-corrected chi connectivity index (χ4v) is 3.04. The Morgan fingerprint density at radius 1 is 1.21 bits per heavy atom. The predicted octanol–water partition coefficient (Wildman–Crippen LogP) is 2.52. The highest BCUT2D eigenvalue weighted by Crippen LogP contribution is 2.34. The van der Waals surface area contributed by atoms with Crippen molar-refractivity contribution in [3.63, 3.8) is 0 Å². The molecular formula is C12H23NO. The Kier molecular flexibility index (Phi) is 3.36. The fourth-order valence-electron chi connectivity index (χ4n) is 3.04. The van der Waals surface area contributed by atoms with Gasteiger partial charge in [0.05, 0.1) is 0 Å². The Balaban J connectivity index is 2.57. The number of carbonyl (C=O) groups is 1. The van der Waals surface area contributed by atoms with Gasteiger partial charge in [0, 0.05) is 17.5 Å². The molecule has 0 saturated carbocycles. The molecule has 1 aliphatic heterocycles. The van der Waals surface area contributed by atoms with Crippen molar-refractivity contribution in [2.75, 3.05) is 0 Å². The van der Waals surface area contributed by atoms with Crippen LogP contribution < -0.4 is 5.32 Å². The van der Waals surface area contributed by atoms with Crippen molar-refractivity contribution in [1.82, 2.24) is 5.32 Å². The van der Waals surface area contributed by atoms with Gasteiger partial charge in [-0.25, -0.2) is 0 Å². The number of piperidine rings is 1. The van der Waals surface area contributed by atoms with Crippen molar-refractivity contribution in [2.45, 2.75) is 64.5 Å². The van der Waals surface area contributed by atoms with E-state index in [2.05, 4.69) is 33.0 Å². The van der Waals surface area contributed by atoms with Crippen LogP contribution in [-0.4, -0.2) is 17.4 Å². The average molecular weight is 197 g/mol. The normalized spacial score (nSPS) is 26.0. The van der Waals surface area contributed by atoms with E-state index in [0.717, 1.165) is 19.1 Å². The molecule has 1 rings (SSSR count). The van der Waals surface area contributed by atoms with Gasteiger partial charge >= 0.3 is 0 Å². The number of hydrogen-bond donors (Lipinski definition) is 1. The summed E-state index contributed by atoms with van der Waals surface area (Å²) in [6.45, 7) is 9.01. The quantitative estimate of drug-likeness (QED) is 0.704. The van der Waals surface area contributed by atoms with Crippen LogP contribution in [0.1, 0.15) is 53.4 Å². The number of nitrogens with one attached hydrogen (secondary N) is 1. The standard InChI is InChI=1S/C12H23NO/c1-11(2)8-10(6-5-7-14)9-12(3,4)13-11/h7,10,13H,5-6,8-9H2,1-4H3. The van der Waals surface area contributed by atoms with Gasteiger partial charge in [0.25, 0.3) is 0 Å². The molecule has 0 spiro atoms. The van der Waals surface area contributed by atoms with Crippen molar-refractivity contribution in [3.8, 4) is 0 Å². The summed E-state index contributed by atoms with van der Waals surface area (Å²) in [6.07, 6.45) is 5.19. The van der Waals surface area contributed by atoms with Crippen molar-refractivity contribution in [3.05, 3.63) is 0 Å². The van der Waals surface area contributed by atoms with Crippen molar-refractivity contribution < 1.29 is 4.79 Å². The average Bonchev–Trinajstić information content (AvgIpc) is 1.94. The van der Waals surface area contributed by atoms with Crippen molar-refractivity contribution >= 4 is 6.29 Å². The molecule has 0 aromatic carbocycles. The third kappa shape index (κ3) is 3.41. The molecule has 14 heavy (non-hydrogen) atoms. The molecule has 0 aromatic rings. The third-order valence-corrected chi connectivity index (χ3v) is 2.97. The number of carbonyl (C=O) groups excluding carboxylic acids is 1. The Labute approximate surface area is 87.5 Å². The summed E-state index contributed by atoms with van der Waals surface area (Å²) >= 11 is 0. The minimum absolute atomic E-state index is 0.218. The molecule has 1 fully saturated rings. The highest BCUT2D eigenvalue weighted by Gasteiger charge is 2.36. The van der Waals surface area contributed by atoms with E-state index in [1.165, 1.54) is 12.8 Å². The molecule has 0 aliphatic carbocycles. The Morgan fingerprint density at radius 3 is 2.14 bits per heavy atom. The highest BCUT2D eigenvalue weighted by atomic mass is 16.1. The summed E-state index contributed by atoms with van der Waals surface area (Å²) in [5.74, 6) is 0.700. The van der Waals surface area contributed by atoms with Crippen LogP contribution in [-0.2, 0) is 4.79 Å². The van der Waals surface area contributed by atoms with Crippen LogP contribution in [0.15, 0.2) is 0 Å². The van der Waals surface area contributed by atoms with Crippen molar-refractivity contribution in [2.24, 2.45) is 5.92 Å². The molecule has 1 saturated heterocycles. The lowest BCUT2D eigenvalue weighted by Gasteiger charge is -2.46. The third-order valence-electron chi connectivity index (χ3n) is 2.97. The Bertz CT molecular complexity index is 192. The van der Waals surface area contributed by atoms with Crippen molar-refractivity contribution in [1.29, 1.82) is 0 Å². The fraction of sp³-hybridized carbons (Fsp3) is 0.917. The summed E-state index contributed by atoms with van der Waals surface area (Å²) < 4.78 is 0. The smallest absolute Gasteiger partial charge is 0.120 e. The largest absolute Gasteiger partial charge is 0.307 e. The molecule has 1 aliphatic rings. The summed E-state index contributed by atoms with van der Waals surface area (Å²) in [7, 11) is 0. The summed E-state index contributed by atoms with van der Waals surface area (Å²) in [4.78, 5) is 10.4. The zero-order valence-electron chi connectivity index (χ0n) is 9.89. The Morgan fingerprint density at radius 2 is 1.71 bits per heavy atom. The van der Waals surface area contributed by atoms with Crippen LogP contribution in [0, 0.1) is 5.92 Å². The summed E-state index contributed by atoms with van der Waals surface area (Å²) in [5, 5.41) is 3.65. The van der Waals surface area contributed by atoms with E-state index >= 15 is 0 Å². The number of hydrogen-bond acceptors (Lipinski definition) is 2. The lowest BCUT2D eigenvalue weighted by molar-refractivity contribution is -0.108. The maximum Gasteiger partial charge on any atom is 0.120 e. The summed E-state index contributed by atoms with van der Waals surface area (Å²) in [6, 6.07) is 0. The lowest BCUT2D eigenvalue weighted by atomic mass is 9.74. The second-order valence-electron chi connectivity index (χ2n) is 5.91. The van der Waals surface area contributed by atoms with Crippen LogP contribution in [0.3, 0.4) is 0 Å². The first-order chi connectivity index (χ1) is 6.35. The van der Waals surface area contributed by atoms with Crippen LogP contribution in [0.25, 0.3) is 0 Å². The zero-order valence-corrected chi connectivity index (χ0v) is 9.89. The maximum absolute atomic E-state index is 10.4. The van der Waals surface area contributed by atoms with Gasteiger partial charge in [-0.15, -0.1) is 0 Å². The molecular weight excluding hydrogens is 174 g/mol.